The molecule has 1 saturated heterocycles. The van der Waals surface area contributed by atoms with Gasteiger partial charge >= 0.3 is 0 Å². The Hall–Kier alpha value is -1.44. The fourth-order valence-electron chi connectivity index (χ4n) is 3.96. The van der Waals surface area contributed by atoms with E-state index in [9.17, 15) is 8.42 Å². The summed E-state index contributed by atoms with van der Waals surface area (Å²) in [4.78, 5) is 7.44. The number of H-pyrrole nitrogens is 1. The van der Waals surface area contributed by atoms with Gasteiger partial charge in [0.1, 0.15) is 10.5 Å². The van der Waals surface area contributed by atoms with Crippen LogP contribution in [0.3, 0.4) is 0 Å². The molecule has 1 saturated carbocycles. The molecule has 0 radical (unpaired) electrons. The number of nitrogens with one attached hydrogen (secondary N) is 1. The van der Waals surface area contributed by atoms with Gasteiger partial charge in [0, 0.05) is 36.9 Å². The van der Waals surface area contributed by atoms with Crippen LogP contribution in [0, 0.1) is 11.8 Å². The van der Waals surface area contributed by atoms with Crippen LogP contribution in [-0.4, -0.2) is 41.8 Å². The third-order valence-corrected chi connectivity index (χ3v) is 7.02. The Morgan fingerprint density at radius 3 is 3.00 bits per heavy atom. The summed E-state index contributed by atoms with van der Waals surface area (Å²) in [6, 6.07) is 3.68. The Morgan fingerprint density at radius 2 is 2.18 bits per heavy atom. The highest BCUT2D eigenvalue weighted by Crippen LogP contribution is 2.38. The second-order valence-corrected chi connectivity index (χ2v) is 8.30. The third kappa shape index (κ3) is 2.07. The molecule has 3 atom stereocenters. The molecule has 3 unspecified atom stereocenters. The quantitative estimate of drug-likeness (QED) is 0.872. The first-order chi connectivity index (χ1) is 10.6. The Labute approximate surface area is 129 Å². The van der Waals surface area contributed by atoms with Crippen molar-refractivity contribution < 1.29 is 8.42 Å². The fraction of sp³-hybridized carbons (Fsp3) is 0.533. The monoisotopic (exact) mass is 320 g/mol. The first kappa shape index (κ1) is 14.2. The SMILES string of the molecule is NC1CCCC2CN(S(=O)(=O)c3c[nH]c4ncccc34)CC12. The van der Waals surface area contributed by atoms with Crippen molar-refractivity contribution >= 4 is 21.1 Å². The average Bonchev–Trinajstić information content (AvgIpc) is 3.12. The van der Waals surface area contributed by atoms with Gasteiger partial charge in [0.15, 0.2) is 0 Å². The molecule has 3 heterocycles. The van der Waals surface area contributed by atoms with E-state index in [2.05, 4.69) is 9.97 Å². The molecule has 22 heavy (non-hydrogen) atoms. The standard InChI is InChI=1S/C15H20N4O2S/c16-13-5-1-3-10-8-19(9-12(10)13)22(20,21)14-7-18-15-11(14)4-2-6-17-15/h2,4,6-7,10,12-13H,1,3,5,8-9,16H2,(H,17,18). The highest BCUT2D eigenvalue weighted by molar-refractivity contribution is 7.89. The van der Waals surface area contributed by atoms with Crippen LogP contribution in [0.1, 0.15) is 19.3 Å². The Bertz CT molecular complexity index is 801. The maximum absolute atomic E-state index is 13.0. The van der Waals surface area contributed by atoms with E-state index in [0.717, 1.165) is 19.3 Å². The van der Waals surface area contributed by atoms with Gasteiger partial charge in [-0.05, 0) is 36.8 Å². The average molecular weight is 320 g/mol. The van der Waals surface area contributed by atoms with E-state index >= 15 is 0 Å². The molecule has 2 fully saturated rings. The number of rotatable bonds is 2. The number of aromatic nitrogens is 2. The fourth-order valence-corrected chi connectivity index (χ4v) is 5.64. The molecule has 7 heteroatoms. The summed E-state index contributed by atoms with van der Waals surface area (Å²) in [5, 5.41) is 0.654. The molecule has 4 rings (SSSR count). The Balaban J connectivity index is 1.70. The predicted molar refractivity (Wildman–Crippen MR) is 83.7 cm³/mol. The van der Waals surface area contributed by atoms with Crippen LogP contribution in [0.5, 0.6) is 0 Å². The van der Waals surface area contributed by atoms with Crippen LogP contribution < -0.4 is 5.73 Å². The number of fused-ring (bicyclic) bond motifs is 2. The number of pyridine rings is 1. The molecule has 1 aliphatic heterocycles. The molecule has 3 N–H and O–H groups in total. The van der Waals surface area contributed by atoms with E-state index in [1.165, 1.54) is 0 Å². The van der Waals surface area contributed by atoms with Crippen molar-refractivity contribution in [1.29, 1.82) is 0 Å². The summed E-state index contributed by atoms with van der Waals surface area (Å²) in [5.74, 6) is 0.703. The van der Waals surface area contributed by atoms with Gasteiger partial charge in [-0.15, -0.1) is 0 Å². The van der Waals surface area contributed by atoms with Crippen LogP contribution in [0.15, 0.2) is 29.4 Å². The molecule has 6 nitrogen and oxygen atoms in total. The molecule has 0 aromatic carbocycles. The van der Waals surface area contributed by atoms with Crippen molar-refractivity contribution in [3.63, 3.8) is 0 Å². The smallest absolute Gasteiger partial charge is 0.245 e. The van der Waals surface area contributed by atoms with E-state index in [1.807, 2.05) is 0 Å². The summed E-state index contributed by atoms with van der Waals surface area (Å²) >= 11 is 0. The highest BCUT2D eigenvalue weighted by atomic mass is 32.2. The summed E-state index contributed by atoms with van der Waals surface area (Å²) in [6.07, 6.45) is 6.40. The van der Waals surface area contributed by atoms with Gasteiger partial charge in [0.2, 0.25) is 10.0 Å². The van der Waals surface area contributed by atoms with Crippen LogP contribution in [0.25, 0.3) is 11.0 Å². The van der Waals surface area contributed by atoms with Gasteiger partial charge in [0.05, 0.1) is 0 Å². The molecule has 0 amide bonds. The molecule has 2 aromatic heterocycles. The highest BCUT2D eigenvalue weighted by Gasteiger charge is 2.43. The number of hydrogen-bond donors (Lipinski definition) is 2. The van der Waals surface area contributed by atoms with E-state index in [-0.39, 0.29) is 6.04 Å². The first-order valence-electron chi connectivity index (χ1n) is 7.75. The number of hydrogen-bond acceptors (Lipinski definition) is 4. The van der Waals surface area contributed by atoms with Crippen molar-refractivity contribution in [1.82, 2.24) is 14.3 Å². The lowest BCUT2D eigenvalue weighted by molar-refractivity contribution is 0.260. The van der Waals surface area contributed by atoms with Crippen molar-refractivity contribution in [2.45, 2.75) is 30.2 Å². The zero-order valence-corrected chi connectivity index (χ0v) is 13.1. The van der Waals surface area contributed by atoms with Crippen molar-refractivity contribution in [2.24, 2.45) is 17.6 Å². The Kier molecular flexibility index (Phi) is 3.25. The molecular weight excluding hydrogens is 300 g/mol. The molecule has 1 aliphatic carbocycles. The zero-order chi connectivity index (χ0) is 15.3. The Morgan fingerprint density at radius 1 is 1.32 bits per heavy atom. The van der Waals surface area contributed by atoms with E-state index in [0.29, 0.717) is 40.9 Å². The predicted octanol–water partition coefficient (Wildman–Crippen LogP) is 1.31. The van der Waals surface area contributed by atoms with Crippen LogP contribution >= 0.6 is 0 Å². The minimum Gasteiger partial charge on any atom is -0.345 e. The van der Waals surface area contributed by atoms with E-state index < -0.39 is 10.0 Å². The minimum atomic E-state index is -3.50. The lowest BCUT2D eigenvalue weighted by Gasteiger charge is -2.29. The zero-order valence-electron chi connectivity index (χ0n) is 12.3. The van der Waals surface area contributed by atoms with Crippen molar-refractivity contribution in [3.8, 4) is 0 Å². The number of sulfonamides is 1. The lowest BCUT2D eigenvalue weighted by atomic mass is 9.78. The van der Waals surface area contributed by atoms with Gasteiger partial charge in [0.25, 0.3) is 0 Å². The second kappa shape index (κ2) is 5.04. The molecule has 0 bridgehead atoms. The van der Waals surface area contributed by atoms with Crippen molar-refractivity contribution in [3.05, 3.63) is 24.5 Å². The van der Waals surface area contributed by atoms with E-state index in [4.69, 9.17) is 5.73 Å². The molecular formula is C15H20N4O2S. The summed E-state index contributed by atoms with van der Waals surface area (Å²) in [5.41, 5.74) is 6.80. The number of nitrogens with zero attached hydrogens (tertiary/aromatic N) is 2. The number of aromatic amines is 1. The summed E-state index contributed by atoms with van der Waals surface area (Å²) < 4.78 is 27.6. The van der Waals surface area contributed by atoms with Gasteiger partial charge in [-0.25, -0.2) is 13.4 Å². The third-order valence-electron chi connectivity index (χ3n) is 5.15. The van der Waals surface area contributed by atoms with Gasteiger partial charge in [-0.3, -0.25) is 0 Å². The molecule has 2 aliphatic rings. The van der Waals surface area contributed by atoms with Crippen LogP contribution in [-0.2, 0) is 10.0 Å². The largest absolute Gasteiger partial charge is 0.345 e. The van der Waals surface area contributed by atoms with Crippen LogP contribution in [0.2, 0.25) is 0 Å². The lowest BCUT2D eigenvalue weighted by Crippen LogP contribution is -2.38. The maximum atomic E-state index is 13.0. The summed E-state index contributed by atoms with van der Waals surface area (Å²) in [6.45, 7) is 1.13. The molecule has 0 spiro atoms. The van der Waals surface area contributed by atoms with Crippen LogP contribution in [0.4, 0.5) is 0 Å². The topological polar surface area (TPSA) is 92.1 Å². The molecule has 2 aromatic rings. The van der Waals surface area contributed by atoms with Gasteiger partial charge < -0.3 is 10.7 Å². The summed E-state index contributed by atoms with van der Waals surface area (Å²) in [7, 11) is -3.50. The van der Waals surface area contributed by atoms with Gasteiger partial charge in [-0.2, -0.15) is 4.31 Å². The second-order valence-electron chi connectivity index (χ2n) is 6.39. The van der Waals surface area contributed by atoms with Gasteiger partial charge in [-0.1, -0.05) is 6.42 Å². The maximum Gasteiger partial charge on any atom is 0.245 e. The first-order valence-corrected chi connectivity index (χ1v) is 9.19. The molecule has 118 valence electrons. The number of nitrogens with two attached hydrogens (primary N) is 1. The normalized spacial score (nSPS) is 29.8. The van der Waals surface area contributed by atoms with E-state index in [1.54, 1.807) is 28.8 Å². The minimum absolute atomic E-state index is 0.128. The van der Waals surface area contributed by atoms with Crippen molar-refractivity contribution in [2.75, 3.05) is 13.1 Å².